The number of rotatable bonds is 2. The van der Waals surface area contributed by atoms with Crippen molar-refractivity contribution in [2.45, 2.75) is 0 Å². The fourth-order valence-corrected chi connectivity index (χ4v) is 1.96. The highest BCUT2D eigenvalue weighted by atomic mass is 16.6. The molecule has 2 heterocycles. The molecule has 5 heteroatoms. The first kappa shape index (κ1) is 11.3. The van der Waals surface area contributed by atoms with Crippen LogP contribution in [-0.4, -0.2) is 50.7 Å². The van der Waals surface area contributed by atoms with E-state index in [1.54, 1.807) is 0 Å². The van der Waals surface area contributed by atoms with Crippen molar-refractivity contribution < 1.29 is 14.2 Å². The molecule has 1 aromatic rings. The zero-order valence-corrected chi connectivity index (χ0v) is 10.2. The topological polar surface area (TPSA) is 43.3 Å². The van der Waals surface area contributed by atoms with Crippen molar-refractivity contribution >= 4 is 6.21 Å². The zero-order valence-electron chi connectivity index (χ0n) is 10.2. The maximum absolute atomic E-state index is 5.54. The normalized spacial score (nSPS) is 19.2. The van der Waals surface area contributed by atoms with Crippen molar-refractivity contribution in [3.05, 3.63) is 23.8 Å². The molecule has 5 nitrogen and oxygen atoms in total. The summed E-state index contributed by atoms with van der Waals surface area (Å²) in [6.45, 7) is 4.42. The van der Waals surface area contributed by atoms with Gasteiger partial charge in [-0.3, -0.25) is 5.01 Å². The van der Waals surface area contributed by atoms with Crippen LogP contribution in [0.2, 0.25) is 0 Å². The van der Waals surface area contributed by atoms with Crippen molar-refractivity contribution in [3.8, 4) is 11.5 Å². The van der Waals surface area contributed by atoms with E-state index in [9.17, 15) is 0 Å². The Hall–Kier alpha value is -1.75. The lowest BCUT2D eigenvalue weighted by molar-refractivity contribution is 0.0397. The van der Waals surface area contributed by atoms with Gasteiger partial charge in [0.05, 0.1) is 32.5 Å². The third-order valence-electron chi connectivity index (χ3n) is 2.92. The molecule has 0 aromatic heterocycles. The van der Waals surface area contributed by atoms with Crippen LogP contribution >= 0.6 is 0 Å². The average Bonchev–Trinajstić information content (AvgIpc) is 2.46. The summed E-state index contributed by atoms with van der Waals surface area (Å²) in [4.78, 5) is 0. The first-order chi connectivity index (χ1) is 8.92. The molecule has 0 amide bonds. The first-order valence-corrected chi connectivity index (χ1v) is 6.18. The van der Waals surface area contributed by atoms with Gasteiger partial charge in [0.1, 0.15) is 13.2 Å². The Labute approximate surface area is 106 Å². The SMILES string of the molecule is C(=N/N1CCOCC1)/c1ccc2c(c1)OCCO2. The minimum atomic E-state index is 0.608. The Morgan fingerprint density at radius 1 is 1.00 bits per heavy atom. The van der Waals surface area contributed by atoms with Crippen molar-refractivity contribution in [2.75, 3.05) is 39.5 Å². The Balaban J connectivity index is 1.70. The highest BCUT2D eigenvalue weighted by molar-refractivity contribution is 5.80. The van der Waals surface area contributed by atoms with Gasteiger partial charge in [0.2, 0.25) is 0 Å². The van der Waals surface area contributed by atoms with E-state index in [2.05, 4.69) is 5.10 Å². The third-order valence-corrected chi connectivity index (χ3v) is 2.92. The van der Waals surface area contributed by atoms with Gasteiger partial charge in [-0.1, -0.05) is 0 Å². The van der Waals surface area contributed by atoms with Gasteiger partial charge in [-0.25, -0.2) is 0 Å². The van der Waals surface area contributed by atoms with Crippen molar-refractivity contribution in [3.63, 3.8) is 0 Å². The molecule has 0 unspecified atom stereocenters. The van der Waals surface area contributed by atoms with Gasteiger partial charge in [0.15, 0.2) is 11.5 Å². The number of nitrogens with zero attached hydrogens (tertiary/aromatic N) is 2. The van der Waals surface area contributed by atoms with Gasteiger partial charge in [0.25, 0.3) is 0 Å². The molecule has 0 radical (unpaired) electrons. The summed E-state index contributed by atoms with van der Waals surface area (Å²) >= 11 is 0. The molecule has 0 aliphatic carbocycles. The molecule has 1 saturated heterocycles. The predicted molar refractivity (Wildman–Crippen MR) is 67.4 cm³/mol. The number of hydrogen-bond acceptors (Lipinski definition) is 5. The number of benzene rings is 1. The number of hydrazone groups is 1. The fraction of sp³-hybridized carbons (Fsp3) is 0.462. The van der Waals surface area contributed by atoms with E-state index in [4.69, 9.17) is 14.2 Å². The fourth-order valence-electron chi connectivity index (χ4n) is 1.96. The average molecular weight is 248 g/mol. The molecule has 0 atom stereocenters. The lowest BCUT2D eigenvalue weighted by Crippen LogP contribution is -2.32. The van der Waals surface area contributed by atoms with Crippen LogP contribution in [0.25, 0.3) is 0 Å². The van der Waals surface area contributed by atoms with Crippen molar-refractivity contribution in [1.29, 1.82) is 0 Å². The molecule has 1 fully saturated rings. The molecule has 3 rings (SSSR count). The molecule has 18 heavy (non-hydrogen) atoms. The van der Waals surface area contributed by atoms with Crippen molar-refractivity contribution in [1.82, 2.24) is 5.01 Å². The van der Waals surface area contributed by atoms with Crippen LogP contribution in [0.3, 0.4) is 0 Å². The van der Waals surface area contributed by atoms with Gasteiger partial charge in [0, 0.05) is 0 Å². The van der Waals surface area contributed by atoms with E-state index < -0.39 is 0 Å². The van der Waals surface area contributed by atoms with Crippen molar-refractivity contribution in [2.24, 2.45) is 5.10 Å². The number of hydrogen-bond donors (Lipinski definition) is 0. The summed E-state index contributed by atoms with van der Waals surface area (Å²) in [6, 6.07) is 5.87. The van der Waals surface area contributed by atoms with Gasteiger partial charge < -0.3 is 14.2 Å². The molecule has 1 aromatic carbocycles. The molecule has 0 bridgehead atoms. The van der Waals surface area contributed by atoms with E-state index in [-0.39, 0.29) is 0 Å². The lowest BCUT2D eigenvalue weighted by Gasteiger charge is -2.23. The van der Waals surface area contributed by atoms with Gasteiger partial charge in [-0.05, 0) is 23.8 Å². The standard InChI is InChI=1S/C13H16N2O3/c1-2-12-13(18-8-7-17-12)9-11(1)10-14-15-3-5-16-6-4-15/h1-2,9-10H,3-8H2/b14-10-. The van der Waals surface area contributed by atoms with E-state index in [0.717, 1.165) is 43.4 Å². The zero-order chi connectivity index (χ0) is 12.2. The van der Waals surface area contributed by atoms with Gasteiger partial charge in [-0.15, -0.1) is 0 Å². The maximum Gasteiger partial charge on any atom is 0.162 e. The van der Waals surface area contributed by atoms with Crippen LogP contribution in [0.5, 0.6) is 11.5 Å². The monoisotopic (exact) mass is 248 g/mol. The Bertz CT molecular complexity index is 442. The third kappa shape index (κ3) is 2.56. The van der Waals surface area contributed by atoms with Gasteiger partial charge in [-0.2, -0.15) is 5.10 Å². The minimum Gasteiger partial charge on any atom is -0.486 e. The Morgan fingerprint density at radius 2 is 1.78 bits per heavy atom. The van der Waals surface area contributed by atoms with Crippen LogP contribution in [0.15, 0.2) is 23.3 Å². The summed E-state index contributed by atoms with van der Waals surface area (Å²) in [5.74, 6) is 1.61. The summed E-state index contributed by atoms with van der Waals surface area (Å²) in [5.41, 5.74) is 1.02. The second-order valence-electron chi connectivity index (χ2n) is 4.21. The number of morpholine rings is 1. The minimum absolute atomic E-state index is 0.608. The van der Waals surface area contributed by atoms with Gasteiger partial charge >= 0.3 is 0 Å². The second-order valence-corrected chi connectivity index (χ2v) is 4.21. The first-order valence-electron chi connectivity index (χ1n) is 6.18. The molecule has 0 saturated carbocycles. The summed E-state index contributed by atoms with van der Waals surface area (Å²) in [7, 11) is 0. The van der Waals surface area contributed by atoms with Crippen LogP contribution in [0, 0.1) is 0 Å². The van der Waals surface area contributed by atoms with E-state index >= 15 is 0 Å². The highest BCUT2D eigenvalue weighted by Crippen LogP contribution is 2.30. The molecule has 0 N–H and O–H groups in total. The Morgan fingerprint density at radius 3 is 2.61 bits per heavy atom. The Kier molecular flexibility index (Phi) is 3.32. The molecular formula is C13H16N2O3. The summed E-state index contributed by atoms with van der Waals surface area (Å²) in [6.07, 6.45) is 1.85. The molecule has 0 spiro atoms. The summed E-state index contributed by atoms with van der Waals surface area (Å²) < 4.78 is 16.3. The quantitative estimate of drug-likeness (QED) is 0.736. The van der Waals surface area contributed by atoms with Crippen LogP contribution in [0.4, 0.5) is 0 Å². The molecule has 96 valence electrons. The van der Waals surface area contributed by atoms with Crippen LogP contribution in [-0.2, 0) is 4.74 Å². The molecule has 2 aliphatic heterocycles. The number of ether oxygens (including phenoxy) is 3. The predicted octanol–water partition coefficient (Wildman–Crippen LogP) is 1.12. The molecular weight excluding hydrogens is 232 g/mol. The largest absolute Gasteiger partial charge is 0.486 e. The van der Waals surface area contributed by atoms with Crippen LogP contribution < -0.4 is 9.47 Å². The summed E-state index contributed by atoms with van der Waals surface area (Å²) in [5, 5.41) is 6.45. The van der Waals surface area contributed by atoms with E-state index in [1.165, 1.54) is 0 Å². The van der Waals surface area contributed by atoms with Crippen LogP contribution in [0.1, 0.15) is 5.56 Å². The molecule has 2 aliphatic rings. The smallest absolute Gasteiger partial charge is 0.162 e. The lowest BCUT2D eigenvalue weighted by atomic mass is 10.2. The number of fused-ring (bicyclic) bond motifs is 1. The van der Waals surface area contributed by atoms with E-state index in [0.29, 0.717) is 13.2 Å². The van der Waals surface area contributed by atoms with E-state index in [1.807, 2.05) is 29.4 Å². The highest BCUT2D eigenvalue weighted by Gasteiger charge is 2.11. The maximum atomic E-state index is 5.54. The second kappa shape index (κ2) is 5.27.